The molecule has 4 rings (SSSR count). The number of aliphatic hydroxyl groups excluding tert-OH is 1. The van der Waals surface area contributed by atoms with Crippen molar-refractivity contribution in [3.8, 4) is 28.7 Å². The van der Waals surface area contributed by atoms with Crippen LogP contribution in [0.1, 0.15) is 36.0 Å². The highest BCUT2D eigenvalue weighted by molar-refractivity contribution is 5.94. The van der Waals surface area contributed by atoms with Crippen LogP contribution in [0.4, 0.5) is 0 Å². The topological polar surface area (TPSA) is 122 Å². The Bertz CT molecular complexity index is 1030. The number of aromatic hydroxyl groups is 1. The van der Waals surface area contributed by atoms with Gasteiger partial charge in [-0.2, -0.15) is 9.78 Å². The van der Waals surface area contributed by atoms with E-state index in [0.29, 0.717) is 41.2 Å². The van der Waals surface area contributed by atoms with Crippen molar-refractivity contribution in [2.45, 2.75) is 37.8 Å². The summed E-state index contributed by atoms with van der Waals surface area (Å²) in [5.41, 5.74) is 1.65. The molecule has 0 spiro atoms. The van der Waals surface area contributed by atoms with Gasteiger partial charge in [0.05, 0.1) is 30.5 Å². The second-order valence-corrected chi connectivity index (χ2v) is 7.26. The molecule has 1 aliphatic carbocycles. The first-order valence-electron chi connectivity index (χ1n) is 9.78. The number of nitrogens with zero attached hydrogens (tertiary/aromatic N) is 4. The molecule has 0 radical (unpaired) electrons. The molecular formula is C21H23N5O4. The summed E-state index contributed by atoms with van der Waals surface area (Å²) in [6.07, 6.45) is 7.24. The Morgan fingerprint density at radius 2 is 1.97 bits per heavy atom. The van der Waals surface area contributed by atoms with E-state index in [9.17, 15) is 15.0 Å². The Hall–Kier alpha value is -3.46. The number of pyridine rings is 2. The molecule has 0 bridgehead atoms. The first-order valence-corrected chi connectivity index (χ1v) is 9.78. The fraction of sp³-hybridized carbons (Fsp3) is 0.333. The van der Waals surface area contributed by atoms with Crippen molar-refractivity contribution in [2.24, 2.45) is 0 Å². The highest BCUT2D eigenvalue weighted by Gasteiger charge is 2.21. The van der Waals surface area contributed by atoms with Gasteiger partial charge in [0.2, 0.25) is 11.8 Å². The first kappa shape index (κ1) is 19.8. The van der Waals surface area contributed by atoms with Gasteiger partial charge < -0.3 is 20.3 Å². The van der Waals surface area contributed by atoms with Crippen LogP contribution >= 0.6 is 0 Å². The van der Waals surface area contributed by atoms with E-state index in [1.807, 2.05) is 0 Å². The zero-order valence-electron chi connectivity index (χ0n) is 16.5. The van der Waals surface area contributed by atoms with E-state index in [0.717, 1.165) is 12.8 Å². The maximum atomic E-state index is 12.5. The van der Waals surface area contributed by atoms with Crippen LogP contribution in [0.15, 0.2) is 42.9 Å². The van der Waals surface area contributed by atoms with Crippen molar-refractivity contribution in [3.05, 3.63) is 48.4 Å². The van der Waals surface area contributed by atoms with Crippen molar-refractivity contribution < 1.29 is 19.7 Å². The normalized spacial score (nSPS) is 18.7. The van der Waals surface area contributed by atoms with Crippen LogP contribution in [0.3, 0.4) is 0 Å². The molecule has 3 aromatic heterocycles. The summed E-state index contributed by atoms with van der Waals surface area (Å²) < 4.78 is 6.42. The van der Waals surface area contributed by atoms with Crippen LogP contribution in [0, 0.1) is 0 Å². The van der Waals surface area contributed by atoms with Crippen molar-refractivity contribution in [3.63, 3.8) is 0 Å². The quantitative estimate of drug-likeness (QED) is 0.590. The zero-order chi connectivity index (χ0) is 21.1. The Morgan fingerprint density at radius 1 is 1.17 bits per heavy atom. The lowest BCUT2D eigenvalue weighted by Crippen LogP contribution is -2.38. The number of hydrogen-bond acceptors (Lipinski definition) is 7. The van der Waals surface area contributed by atoms with Gasteiger partial charge >= 0.3 is 0 Å². The molecular weight excluding hydrogens is 386 g/mol. The van der Waals surface area contributed by atoms with E-state index < -0.39 is 0 Å². The summed E-state index contributed by atoms with van der Waals surface area (Å²) in [4.78, 5) is 20.8. The van der Waals surface area contributed by atoms with Gasteiger partial charge in [-0.25, -0.2) is 9.97 Å². The minimum Gasteiger partial charge on any atom is -0.493 e. The highest BCUT2D eigenvalue weighted by atomic mass is 16.5. The molecule has 3 heterocycles. The SMILES string of the molecule is COc1cc(-c2cnn(-c3ccc(C(=O)N[C@H]4CC[C@H](O)CC4)cn3)c2O)ccn1. The van der Waals surface area contributed by atoms with Gasteiger partial charge in [-0.15, -0.1) is 0 Å². The van der Waals surface area contributed by atoms with E-state index in [1.165, 1.54) is 24.2 Å². The minimum absolute atomic E-state index is 0.0654. The Balaban J connectivity index is 1.49. The minimum atomic E-state index is -0.265. The summed E-state index contributed by atoms with van der Waals surface area (Å²) in [6, 6.07) is 6.78. The molecule has 30 heavy (non-hydrogen) atoms. The lowest BCUT2D eigenvalue weighted by Gasteiger charge is -2.26. The number of hydrogen-bond donors (Lipinski definition) is 3. The molecule has 1 saturated carbocycles. The van der Waals surface area contributed by atoms with Crippen LogP contribution in [-0.2, 0) is 0 Å². The summed E-state index contributed by atoms with van der Waals surface area (Å²) in [5, 5.41) is 27.4. The maximum absolute atomic E-state index is 12.5. The molecule has 9 heteroatoms. The molecule has 9 nitrogen and oxygen atoms in total. The van der Waals surface area contributed by atoms with Crippen LogP contribution in [-0.4, -0.2) is 55.1 Å². The zero-order valence-corrected chi connectivity index (χ0v) is 16.5. The summed E-state index contributed by atoms with van der Waals surface area (Å²) in [7, 11) is 1.52. The van der Waals surface area contributed by atoms with E-state index in [2.05, 4.69) is 20.4 Å². The lowest BCUT2D eigenvalue weighted by atomic mass is 9.93. The summed E-state index contributed by atoms with van der Waals surface area (Å²) >= 11 is 0. The van der Waals surface area contributed by atoms with Crippen LogP contribution < -0.4 is 10.1 Å². The first-order chi connectivity index (χ1) is 14.5. The number of amides is 1. The van der Waals surface area contributed by atoms with Gasteiger partial charge in [-0.1, -0.05) is 0 Å². The molecule has 0 atom stereocenters. The average molecular weight is 409 g/mol. The molecule has 156 valence electrons. The van der Waals surface area contributed by atoms with Gasteiger partial charge in [0.25, 0.3) is 5.91 Å². The van der Waals surface area contributed by atoms with E-state index >= 15 is 0 Å². The molecule has 1 amide bonds. The molecule has 0 saturated heterocycles. The molecule has 3 N–H and O–H groups in total. The van der Waals surface area contributed by atoms with E-state index in [4.69, 9.17) is 4.74 Å². The smallest absolute Gasteiger partial charge is 0.253 e. The maximum Gasteiger partial charge on any atom is 0.253 e. The molecule has 0 unspecified atom stereocenters. The van der Waals surface area contributed by atoms with Crippen molar-refractivity contribution in [1.82, 2.24) is 25.1 Å². The Labute approximate surface area is 173 Å². The fourth-order valence-corrected chi connectivity index (χ4v) is 3.54. The number of methoxy groups -OCH3 is 1. The lowest BCUT2D eigenvalue weighted by molar-refractivity contribution is 0.0867. The van der Waals surface area contributed by atoms with Crippen LogP contribution in [0.2, 0.25) is 0 Å². The van der Waals surface area contributed by atoms with Crippen molar-refractivity contribution in [2.75, 3.05) is 7.11 Å². The van der Waals surface area contributed by atoms with Gasteiger partial charge in [0, 0.05) is 24.5 Å². The monoisotopic (exact) mass is 409 g/mol. The Kier molecular flexibility index (Phi) is 5.62. The number of aliphatic hydroxyl groups is 1. The predicted octanol–water partition coefficient (Wildman–Crippen LogP) is 2.08. The van der Waals surface area contributed by atoms with Crippen LogP contribution in [0.5, 0.6) is 11.8 Å². The Morgan fingerprint density at radius 3 is 2.67 bits per heavy atom. The number of aromatic nitrogens is 4. The second kappa shape index (κ2) is 8.50. The molecule has 0 aliphatic heterocycles. The molecule has 1 aliphatic rings. The molecule has 3 aromatic rings. The number of carbonyl (C=O) groups is 1. The van der Waals surface area contributed by atoms with Crippen LogP contribution in [0.25, 0.3) is 16.9 Å². The van der Waals surface area contributed by atoms with Crippen molar-refractivity contribution >= 4 is 5.91 Å². The largest absolute Gasteiger partial charge is 0.493 e. The number of rotatable bonds is 5. The summed E-state index contributed by atoms with van der Waals surface area (Å²) in [6.45, 7) is 0. The third-order valence-electron chi connectivity index (χ3n) is 5.26. The third-order valence-corrected chi connectivity index (χ3v) is 5.26. The van der Waals surface area contributed by atoms with Gasteiger partial charge in [0.1, 0.15) is 0 Å². The number of carbonyl (C=O) groups excluding carboxylic acids is 1. The van der Waals surface area contributed by atoms with Gasteiger partial charge in [-0.3, -0.25) is 4.79 Å². The standard InChI is InChI=1S/C21H23N5O4/c1-30-19-10-13(8-9-22-19)17-12-24-26(21(17)29)18-7-2-14(11-23-18)20(28)25-15-3-5-16(27)6-4-15/h2,7-12,15-16,27,29H,3-6H2,1H3,(H,25,28)/t15-,16-. The van der Waals surface area contributed by atoms with Crippen molar-refractivity contribution in [1.29, 1.82) is 0 Å². The molecule has 1 fully saturated rings. The highest BCUT2D eigenvalue weighted by Crippen LogP contribution is 2.31. The van der Waals surface area contributed by atoms with E-state index in [1.54, 1.807) is 30.5 Å². The number of ether oxygens (including phenoxy) is 1. The van der Waals surface area contributed by atoms with Gasteiger partial charge in [-0.05, 0) is 49.4 Å². The second-order valence-electron chi connectivity index (χ2n) is 7.26. The van der Waals surface area contributed by atoms with Gasteiger partial charge in [0.15, 0.2) is 5.82 Å². The molecule has 0 aromatic carbocycles. The number of nitrogens with one attached hydrogen (secondary N) is 1. The average Bonchev–Trinajstić information content (AvgIpc) is 3.16. The fourth-order valence-electron chi connectivity index (χ4n) is 3.54. The summed E-state index contributed by atoms with van der Waals surface area (Å²) in [5.74, 6) is 0.538. The van der Waals surface area contributed by atoms with E-state index in [-0.39, 0.29) is 23.9 Å². The predicted molar refractivity (Wildman–Crippen MR) is 109 cm³/mol. The third kappa shape index (κ3) is 4.11.